The van der Waals surface area contributed by atoms with Crippen molar-refractivity contribution in [3.8, 4) is 44.9 Å². The van der Waals surface area contributed by atoms with Gasteiger partial charge in [-0.05, 0) is 46.5 Å². The predicted molar refractivity (Wildman–Crippen MR) is 111 cm³/mol. The summed E-state index contributed by atoms with van der Waals surface area (Å²) < 4.78 is 10.9. The van der Waals surface area contributed by atoms with E-state index in [1.54, 1.807) is 20.5 Å². The number of hydrogen-bond acceptors (Lipinski definition) is 4. The van der Waals surface area contributed by atoms with Crippen molar-refractivity contribution in [1.82, 2.24) is 9.97 Å². The lowest BCUT2D eigenvalue weighted by Crippen LogP contribution is -1.93. The van der Waals surface area contributed by atoms with E-state index in [-0.39, 0.29) is 0 Å². The minimum Gasteiger partial charge on any atom is -0.497 e. The second-order valence-corrected chi connectivity index (χ2v) is 6.32. The standard InChI is InChI=1S/C24H20N2O2/c1-27-20-8-3-6-17(12-20)22-10-5-11-23(18-7-4-9-21(13-18)28-2)24(22)19-14-25-16-26-15-19/h3-16H,1-2H3. The lowest BCUT2D eigenvalue weighted by atomic mass is 9.88. The van der Waals surface area contributed by atoms with E-state index in [1.807, 2.05) is 48.8 Å². The highest BCUT2D eigenvalue weighted by molar-refractivity contribution is 5.94. The molecule has 0 unspecified atom stereocenters. The van der Waals surface area contributed by atoms with Crippen molar-refractivity contribution < 1.29 is 9.47 Å². The van der Waals surface area contributed by atoms with Gasteiger partial charge in [0, 0.05) is 23.5 Å². The van der Waals surface area contributed by atoms with Crippen molar-refractivity contribution in [3.63, 3.8) is 0 Å². The van der Waals surface area contributed by atoms with Gasteiger partial charge in [-0.2, -0.15) is 0 Å². The molecule has 0 saturated heterocycles. The molecule has 0 fully saturated rings. The monoisotopic (exact) mass is 368 g/mol. The summed E-state index contributed by atoms with van der Waals surface area (Å²) in [7, 11) is 3.36. The van der Waals surface area contributed by atoms with E-state index >= 15 is 0 Å². The van der Waals surface area contributed by atoms with Crippen LogP contribution in [-0.2, 0) is 0 Å². The Kier molecular flexibility index (Phi) is 5.02. The molecule has 0 aliphatic carbocycles. The maximum absolute atomic E-state index is 5.43. The van der Waals surface area contributed by atoms with E-state index in [4.69, 9.17) is 9.47 Å². The summed E-state index contributed by atoms with van der Waals surface area (Å²) in [4.78, 5) is 8.48. The molecule has 4 heteroatoms. The first-order valence-corrected chi connectivity index (χ1v) is 8.97. The van der Waals surface area contributed by atoms with Gasteiger partial charge in [-0.25, -0.2) is 9.97 Å². The highest BCUT2D eigenvalue weighted by atomic mass is 16.5. The topological polar surface area (TPSA) is 44.2 Å². The number of aromatic nitrogens is 2. The zero-order chi connectivity index (χ0) is 19.3. The normalized spacial score (nSPS) is 10.5. The molecule has 1 heterocycles. The molecule has 0 N–H and O–H groups in total. The van der Waals surface area contributed by atoms with Crippen LogP contribution in [0.4, 0.5) is 0 Å². The summed E-state index contributed by atoms with van der Waals surface area (Å²) in [6.07, 6.45) is 5.23. The van der Waals surface area contributed by atoms with Crippen LogP contribution in [0.3, 0.4) is 0 Å². The van der Waals surface area contributed by atoms with Crippen LogP contribution < -0.4 is 9.47 Å². The summed E-state index contributed by atoms with van der Waals surface area (Å²) in [5.74, 6) is 1.64. The third kappa shape index (κ3) is 3.45. The quantitative estimate of drug-likeness (QED) is 0.467. The summed E-state index contributed by atoms with van der Waals surface area (Å²) in [5, 5.41) is 0. The predicted octanol–water partition coefficient (Wildman–Crippen LogP) is 5.49. The Labute approximate surface area is 164 Å². The zero-order valence-corrected chi connectivity index (χ0v) is 15.8. The molecule has 0 atom stereocenters. The molecule has 4 nitrogen and oxygen atoms in total. The number of rotatable bonds is 5. The molecule has 4 rings (SSSR count). The Morgan fingerprint density at radius 3 is 1.61 bits per heavy atom. The first-order chi connectivity index (χ1) is 13.8. The minimum absolute atomic E-state index is 0.819. The molecule has 0 bridgehead atoms. The number of ether oxygens (including phenoxy) is 2. The van der Waals surface area contributed by atoms with Gasteiger partial charge in [0.1, 0.15) is 17.8 Å². The fraction of sp³-hybridized carbons (Fsp3) is 0.0833. The molecular weight excluding hydrogens is 348 g/mol. The highest BCUT2D eigenvalue weighted by Crippen LogP contribution is 2.40. The van der Waals surface area contributed by atoms with E-state index in [9.17, 15) is 0 Å². The third-order valence-electron chi connectivity index (χ3n) is 4.68. The molecule has 0 spiro atoms. The smallest absolute Gasteiger partial charge is 0.119 e. The first kappa shape index (κ1) is 17.7. The third-order valence-corrected chi connectivity index (χ3v) is 4.68. The first-order valence-electron chi connectivity index (χ1n) is 8.97. The van der Waals surface area contributed by atoms with Crippen LogP contribution in [0.15, 0.2) is 85.5 Å². The minimum atomic E-state index is 0.819. The molecule has 3 aromatic carbocycles. The van der Waals surface area contributed by atoms with Crippen LogP contribution >= 0.6 is 0 Å². The summed E-state index contributed by atoms with van der Waals surface area (Å²) in [6.45, 7) is 0. The molecule has 138 valence electrons. The molecule has 0 saturated carbocycles. The Hall–Kier alpha value is -3.66. The van der Waals surface area contributed by atoms with Gasteiger partial charge in [-0.3, -0.25) is 0 Å². The maximum atomic E-state index is 5.43. The van der Waals surface area contributed by atoms with Crippen molar-refractivity contribution >= 4 is 0 Å². The zero-order valence-electron chi connectivity index (χ0n) is 15.8. The highest BCUT2D eigenvalue weighted by Gasteiger charge is 2.15. The van der Waals surface area contributed by atoms with Crippen LogP contribution in [0.1, 0.15) is 0 Å². The molecule has 28 heavy (non-hydrogen) atoms. The fourth-order valence-electron chi connectivity index (χ4n) is 3.35. The van der Waals surface area contributed by atoms with E-state index in [2.05, 4.69) is 40.3 Å². The Bertz CT molecular complexity index is 1030. The SMILES string of the molecule is COc1cccc(-c2cccc(-c3cccc(OC)c3)c2-c2cncnc2)c1. The molecule has 0 amide bonds. The van der Waals surface area contributed by atoms with Gasteiger partial charge in [0.2, 0.25) is 0 Å². The lowest BCUT2D eigenvalue weighted by Gasteiger charge is -2.16. The van der Waals surface area contributed by atoms with Gasteiger partial charge < -0.3 is 9.47 Å². The molecular formula is C24H20N2O2. The summed E-state index contributed by atoms with van der Waals surface area (Å²) in [6, 6.07) is 22.4. The number of methoxy groups -OCH3 is 2. The average molecular weight is 368 g/mol. The van der Waals surface area contributed by atoms with Gasteiger partial charge >= 0.3 is 0 Å². The van der Waals surface area contributed by atoms with Crippen LogP contribution in [0, 0.1) is 0 Å². The van der Waals surface area contributed by atoms with Crippen LogP contribution in [0.2, 0.25) is 0 Å². The van der Waals surface area contributed by atoms with Gasteiger partial charge in [-0.15, -0.1) is 0 Å². The Morgan fingerprint density at radius 1 is 0.607 bits per heavy atom. The van der Waals surface area contributed by atoms with Crippen LogP contribution in [0.25, 0.3) is 33.4 Å². The van der Waals surface area contributed by atoms with E-state index in [0.29, 0.717) is 0 Å². The summed E-state index contributed by atoms with van der Waals surface area (Å²) >= 11 is 0. The van der Waals surface area contributed by atoms with Crippen molar-refractivity contribution in [2.24, 2.45) is 0 Å². The largest absolute Gasteiger partial charge is 0.497 e. The molecule has 0 aliphatic heterocycles. The summed E-state index contributed by atoms with van der Waals surface area (Å²) in [5.41, 5.74) is 6.36. The maximum Gasteiger partial charge on any atom is 0.119 e. The van der Waals surface area contributed by atoms with Crippen molar-refractivity contribution in [3.05, 3.63) is 85.5 Å². The lowest BCUT2D eigenvalue weighted by molar-refractivity contribution is 0.415. The number of nitrogens with zero attached hydrogens (tertiary/aromatic N) is 2. The Balaban J connectivity index is 1.99. The van der Waals surface area contributed by atoms with Crippen LogP contribution in [-0.4, -0.2) is 24.2 Å². The number of hydrogen-bond donors (Lipinski definition) is 0. The van der Waals surface area contributed by atoms with Gasteiger partial charge in [0.15, 0.2) is 0 Å². The van der Waals surface area contributed by atoms with Crippen molar-refractivity contribution in [2.45, 2.75) is 0 Å². The average Bonchev–Trinajstić information content (AvgIpc) is 2.79. The van der Waals surface area contributed by atoms with E-state index in [0.717, 1.165) is 44.9 Å². The van der Waals surface area contributed by atoms with Gasteiger partial charge in [-0.1, -0.05) is 42.5 Å². The second kappa shape index (κ2) is 7.92. The van der Waals surface area contributed by atoms with Gasteiger partial charge in [0.05, 0.1) is 14.2 Å². The fourth-order valence-corrected chi connectivity index (χ4v) is 3.35. The van der Waals surface area contributed by atoms with E-state index < -0.39 is 0 Å². The van der Waals surface area contributed by atoms with E-state index in [1.165, 1.54) is 0 Å². The van der Waals surface area contributed by atoms with Crippen molar-refractivity contribution in [1.29, 1.82) is 0 Å². The van der Waals surface area contributed by atoms with Crippen LogP contribution in [0.5, 0.6) is 11.5 Å². The second-order valence-electron chi connectivity index (χ2n) is 6.32. The molecule has 0 radical (unpaired) electrons. The van der Waals surface area contributed by atoms with Gasteiger partial charge in [0.25, 0.3) is 0 Å². The molecule has 4 aromatic rings. The molecule has 1 aromatic heterocycles. The number of benzene rings is 3. The molecule has 0 aliphatic rings. The van der Waals surface area contributed by atoms with Crippen molar-refractivity contribution in [2.75, 3.05) is 14.2 Å². The Morgan fingerprint density at radius 2 is 1.11 bits per heavy atom.